The number of rotatable bonds is 11. The second kappa shape index (κ2) is 14.0. The molecule has 0 saturated heterocycles. The summed E-state index contributed by atoms with van der Waals surface area (Å²) in [5, 5.41) is 28.5. The molecule has 0 aliphatic rings. The van der Waals surface area contributed by atoms with Gasteiger partial charge in [-0.05, 0) is 85.0 Å². The van der Waals surface area contributed by atoms with Gasteiger partial charge in [-0.1, -0.05) is 54.6 Å². The zero-order valence-electron chi connectivity index (χ0n) is 24.5. The third-order valence-corrected chi connectivity index (χ3v) is 6.93. The van der Waals surface area contributed by atoms with Gasteiger partial charge in [-0.25, -0.2) is 5.43 Å². The van der Waals surface area contributed by atoms with Crippen molar-refractivity contribution in [1.29, 1.82) is 0 Å². The molecule has 0 aromatic heterocycles. The number of carbonyl (C=O) groups excluding carboxylic acids is 2. The van der Waals surface area contributed by atoms with E-state index < -0.39 is 18.1 Å². The molecule has 0 spiro atoms. The van der Waals surface area contributed by atoms with Gasteiger partial charge < -0.3 is 15.5 Å². The zero-order valence-corrected chi connectivity index (χ0v) is 24.5. The van der Waals surface area contributed by atoms with Gasteiger partial charge in [-0.2, -0.15) is 5.10 Å². The number of aryl methyl sites for hydroxylation is 2. The number of carbonyl (C=O) groups is 2. The number of aliphatic hydroxyl groups is 2. The summed E-state index contributed by atoms with van der Waals surface area (Å²) >= 11 is 0. The first-order valence-electron chi connectivity index (χ1n) is 14.0. The molecule has 218 valence electrons. The molecule has 0 aliphatic heterocycles. The average Bonchev–Trinajstić information content (AvgIpc) is 2.94. The van der Waals surface area contributed by atoms with Gasteiger partial charge in [0.05, 0.1) is 29.7 Å². The minimum atomic E-state index is -0.557. The second-order valence-corrected chi connectivity index (χ2v) is 10.8. The van der Waals surface area contributed by atoms with Crippen LogP contribution in [0.5, 0.6) is 0 Å². The van der Waals surface area contributed by atoms with Crippen molar-refractivity contribution in [2.24, 2.45) is 5.10 Å². The summed E-state index contributed by atoms with van der Waals surface area (Å²) < 4.78 is 0. The number of aliphatic hydroxyl groups excluding tert-OH is 2. The van der Waals surface area contributed by atoms with Crippen molar-refractivity contribution in [2.45, 2.75) is 46.4 Å². The molecule has 8 heteroatoms. The lowest BCUT2D eigenvalue weighted by molar-refractivity contribution is 0.0793. The van der Waals surface area contributed by atoms with E-state index in [2.05, 4.69) is 15.8 Å². The lowest BCUT2D eigenvalue weighted by Gasteiger charge is -2.25. The molecule has 4 aromatic rings. The Labute approximate surface area is 246 Å². The minimum Gasteiger partial charge on any atom is -0.392 e. The number of hydrogen-bond donors (Lipinski definition) is 4. The Balaban J connectivity index is 1.56. The number of nitrogens with zero attached hydrogens (tertiary/aromatic N) is 2. The molecule has 8 nitrogen and oxygen atoms in total. The zero-order chi connectivity index (χ0) is 30.2. The maximum atomic E-state index is 13.4. The van der Waals surface area contributed by atoms with E-state index in [0.717, 1.165) is 27.5 Å². The average molecular weight is 567 g/mol. The molecule has 0 aliphatic carbocycles. The largest absolute Gasteiger partial charge is 0.392 e. The predicted octanol–water partition coefficient (Wildman–Crippen LogP) is 5.04. The summed E-state index contributed by atoms with van der Waals surface area (Å²) in [5.41, 5.74) is 7.71. The van der Waals surface area contributed by atoms with Crippen molar-refractivity contribution >= 4 is 34.5 Å². The van der Waals surface area contributed by atoms with Gasteiger partial charge in [0.25, 0.3) is 11.8 Å². The molecule has 2 atom stereocenters. The van der Waals surface area contributed by atoms with Crippen LogP contribution in [0, 0.1) is 13.8 Å². The number of hydrazone groups is 1. The van der Waals surface area contributed by atoms with Crippen molar-refractivity contribution in [3.63, 3.8) is 0 Å². The highest BCUT2D eigenvalue weighted by Gasteiger charge is 2.17. The molecule has 2 amide bonds. The van der Waals surface area contributed by atoms with Gasteiger partial charge >= 0.3 is 0 Å². The second-order valence-electron chi connectivity index (χ2n) is 10.8. The lowest BCUT2D eigenvalue weighted by atomic mass is 10.0. The van der Waals surface area contributed by atoms with E-state index in [1.807, 2.05) is 67.3 Å². The smallest absolute Gasteiger partial charge is 0.273 e. The SMILES string of the molecule is Cc1ccc(C=NNC(=O)c2cc3ccccc3cc2NC(=O)c2cccc(CN(CC(C)O)CC(C)O)c2)cc1C. The molecule has 4 N–H and O–H groups in total. The van der Waals surface area contributed by atoms with E-state index >= 15 is 0 Å². The molecule has 0 radical (unpaired) electrons. The van der Waals surface area contributed by atoms with Gasteiger partial charge in [-0.15, -0.1) is 0 Å². The third kappa shape index (κ3) is 8.33. The number of fused-ring (bicyclic) bond motifs is 1. The maximum Gasteiger partial charge on any atom is 0.273 e. The van der Waals surface area contributed by atoms with Crippen molar-refractivity contribution in [3.05, 3.63) is 112 Å². The Morgan fingerprint density at radius 2 is 1.52 bits per heavy atom. The summed E-state index contributed by atoms with van der Waals surface area (Å²) in [4.78, 5) is 28.6. The van der Waals surface area contributed by atoms with E-state index in [1.165, 1.54) is 5.56 Å². The quantitative estimate of drug-likeness (QED) is 0.150. The molecule has 42 heavy (non-hydrogen) atoms. The highest BCUT2D eigenvalue weighted by atomic mass is 16.3. The molecule has 4 aromatic carbocycles. The Bertz CT molecular complexity index is 1590. The molecular weight excluding hydrogens is 528 g/mol. The van der Waals surface area contributed by atoms with E-state index in [4.69, 9.17) is 0 Å². The topological polar surface area (TPSA) is 114 Å². The van der Waals surface area contributed by atoms with Gasteiger partial charge in [0.1, 0.15) is 0 Å². The van der Waals surface area contributed by atoms with Crippen LogP contribution in [-0.2, 0) is 6.54 Å². The van der Waals surface area contributed by atoms with Crippen LogP contribution in [0.1, 0.15) is 56.8 Å². The van der Waals surface area contributed by atoms with Crippen molar-refractivity contribution in [2.75, 3.05) is 18.4 Å². The molecule has 2 unspecified atom stereocenters. The number of amides is 2. The van der Waals surface area contributed by atoms with E-state index in [1.54, 1.807) is 50.4 Å². The highest BCUT2D eigenvalue weighted by molar-refractivity contribution is 6.11. The minimum absolute atomic E-state index is 0.287. The monoisotopic (exact) mass is 566 g/mol. The van der Waals surface area contributed by atoms with Crippen LogP contribution in [0.3, 0.4) is 0 Å². The molecule has 0 saturated carbocycles. The molecular formula is C34H38N4O4. The van der Waals surface area contributed by atoms with E-state index in [0.29, 0.717) is 30.9 Å². The summed E-state index contributed by atoms with van der Waals surface area (Å²) in [5.74, 6) is -0.811. The first-order valence-corrected chi connectivity index (χ1v) is 14.0. The van der Waals surface area contributed by atoms with Crippen LogP contribution in [0.2, 0.25) is 0 Å². The van der Waals surface area contributed by atoms with Crippen LogP contribution >= 0.6 is 0 Å². The van der Waals surface area contributed by atoms with Gasteiger partial charge in [-0.3, -0.25) is 14.5 Å². The van der Waals surface area contributed by atoms with Crippen LogP contribution < -0.4 is 10.7 Å². The fraction of sp³-hybridized carbons (Fsp3) is 0.265. The first-order chi connectivity index (χ1) is 20.1. The Morgan fingerprint density at radius 1 is 0.833 bits per heavy atom. The van der Waals surface area contributed by atoms with Crippen molar-refractivity contribution < 1.29 is 19.8 Å². The van der Waals surface area contributed by atoms with Crippen molar-refractivity contribution in [1.82, 2.24) is 10.3 Å². The maximum absolute atomic E-state index is 13.4. The normalized spacial score (nSPS) is 12.9. The van der Waals surface area contributed by atoms with Crippen molar-refractivity contribution in [3.8, 4) is 0 Å². The van der Waals surface area contributed by atoms with E-state index in [9.17, 15) is 19.8 Å². The van der Waals surface area contributed by atoms with Crippen LogP contribution in [-0.4, -0.2) is 58.4 Å². The van der Waals surface area contributed by atoms with Crippen LogP contribution in [0.15, 0.2) is 84.0 Å². The fourth-order valence-corrected chi connectivity index (χ4v) is 4.82. The standard InChI is InChI=1S/C34H38N4O4/c1-22-12-13-26(14-23(22)2)18-35-37-34(42)31-16-28-9-5-6-10-29(28)17-32(31)36-33(41)30-11-7-8-27(15-30)21-38(19-24(3)39)20-25(4)40/h5-18,24-25,39-40H,19-21H2,1-4H3,(H,36,41)(H,37,42). The number of hydrogen-bond acceptors (Lipinski definition) is 6. The van der Waals surface area contributed by atoms with Gasteiger partial charge in [0.15, 0.2) is 0 Å². The lowest BCUT2D eigenvalue weighted by Crippen LogP contribution is -2.35. The predicted molar refractivity (Wildman–Crippen MR) is 168 cm³/mol. The summed E-state index contributed by atoms with van der Waals surface area (Å²) in [6, 6.07) is 24.3. The summed E-state index contributed by atoms with van der Waals surface area (Å²) in [6.45, 7) is 8.70. The van der Waals surface area contributed by atoms with Crippen LogP contribution in [0.4, 0.5) is 5.69 Å². The number of anilines is 1. The Hall–Kier alpha value is -4.37. The summed E-state index contributed by atoms with van der Waals surface area (Å²) in [6.07, 6.45) is 0.476. The fourth-order valence-electron chi connectivity index (χ4n) is 4.82. The van der Waals surface area contributed by atoms with Gasteiger partial charge in [0, 0.05) is 25.2 Å². The molecule has 0 bridgehead atoms. The highest BCUT2D eigenvalue weighted by Crippen LogP contribution is 2.25. The summed E-state index contributed by atoms with van der Waals surface area (Å²) in [7, 11) is 0. The van der Waals surface area contributed by atoms with E-state index in [-0.39, 0.29) is 11.5 Å². The number of nitrogens with one attached hydrogen (secondary N) is 2. The molecule has 0 heterocycles. The third-order valence-electron chi connectivity index (χ3n) is 6.93. The molecule has 4 rings (SSSR count). The van der Waals surface area contributed by atoms with Crippen LogP contribution in [0.25, 0.3) is 10.8 Å². The number of benzene rings is 4. The van der Waals surface area contributed by atoms with Gasteiger partial charge in [0.2, 0.25) is 0 Å². The first kappa shape index (κ1) is 30.6. The Kier molecular flexibility index (Phi) is 10.2. The Morgan fingerprint density at radius 3 is 2.19 bits per heavy atom. The molecule has 0 fully saturated rings.